The van der Waals surface area contributed by atoms with Crippen LogP contribution >= 0.6 is 0 Å². The minimum Gasteiger partial charge on any atom is -0.376 e. The Bertz CT molecular complexity index is 293. The van der Waals surface area contributed by atoms with Crippen LogP contribution in [0.3, 0.4) is 0 Å². The number of hydrogen-bond donors (Lipinski definition) is 1. The van der Waals surface area contributed by atoms with E-state index in [9.17, 15) is 4.79 Å². The molecule has 0 aromatic rings. The molecule has 2 rings (SSSR count). The number of ether oxygens (including phenoxy) is 1. The number of rotatable bonds is 3. The van der Waals surface area contributed by atoms with E-state index >= 15 is 0 Å². The molecule has 4 atom stereocenters. The van der Waals surface area contributed by atoms with Gasteiger partial charge in [-0.25, -0.2) is 0 Å². The summed E-state index contributed by atoms with van der Waals surface area (Å²) >= 11 is 0. The average molecular weight is 240 g/mol. The van der Waals surface area contributed by atoms with Crippen LogP contribution in [0.1, 0.15) is 40.5 Å². The lowest BCUT2D eigenvalue weighted by atomic mass is 10.0. The molecule has 0 spiro atoms. The fourth-order valence-corrected chi connectivity index (χ4v) is 2.99. The van der Waals surface area contributed by atoms with Gasteiger partial charge in [-0.05, 0) is 32.6 Å². The predicted octanol–water partition coefficient (Wildman–Crippen LogP) is 1.36. The highest BCUT2D eigenvalue weighted by Gasteiger charge is 2.43. The van der Waals surface area contributed by atoms with Crippen molar-refractivity contribution in [3.05, 3.63) is 0 Å². The van der Waals surface area contributed by atoms with Crippen molar-refractivity contribution in [2.45, 2.75) is 64.9 Å². The zero-order valence-electron chi connectivity index (χ0n) is 11.3. The van der Waals surface area contributed by atoms with Gasteiger partial charge in [-0.15, -0.1) is 0 Å². The van der Waals surface area contributed by atoms with Crippen molar-refractivity contribution in [1.82, 2.24) is 10.2 Å². The van der Waals surface area contributed by atoms with E-state index < -0.39 is 0 Å². The van der Waals surface area contributed by atoms with Gasteiger partial charge in [-0.2, -0.15) is 0 Å². The molecule has 0 aliphatic carbocycles. The SMILES string of the molecule is CC(C)CC1NC(C)N(C2CCOC2C)C1=O. The van der Waals surface area contributed by atoms with Crippen LogP contribution in [0.2, 0.25) is 0 Å². The molecule has 17 heavy (non-hydrogen) atoms. The van der Waals surface area contributed by atoms with E-state index in [0.717, 1.165) is 19.4 Å². The molecule has 2 saturated heterocycles. The standard InChI is InChI=1S/C13H24N2O2/c1-8(2)7-11-13(16)15(10(4)14-11)12-5-6-17-9(12)3/h8-12,14H,5-7H2,1-4H3. The molecule has 2 aliphatic heterocycles. The number of nitrogens with zero attached hydrogens (tertiary/aromatic N) is 1. The normalized spacial score (nSPS) is 38.4. The average Bonchev–Trinajstić information content (AvgIpc) is 2.73. The summed E-state index contributed by atoms with van der Waals surface area (Å²) in [6.07, 6.45) is 2.19. The monoisotopic (exact) mass is 240 g/mol. The lowest BCUT2D eigenvalue weighted by Crippen LogP contribution is -2.46. The molecular weight excluding hydrogens is 216 g/mol. The Labute approximate surface area is 104 Å². The largest absolute Gasteiger partial charge is 0.376 e. The predicted molar refractivity (Wildman–Crippen MR) is 66.5 cm³/mol. The van der Waals surface area contributed by atoms with Crippen LogP contribution < -0.4 is 5.32 Å². The van der Waals surface area contributed by atoms with Crippen molar-refractivity contribution in [2.24, 2.45) is 5.92 Å². The van der Waals surface area contributed by atoms with Gasteiger partial charge in [-0.1, -0.05) is 13.8 Å². The first-order valence-electron chi connectivity index (χ1n) is 6.70. The van der Waals surface area contributed by atoms with E-state index in [4.69, 9.17) is 4.74 Å². The van der Waals surface area contributed by atoms with Crippen LogP contribution in [0.4, 0.5) is 0 Å². The summed E-state index contributed by atoms with van der Waals surface area (Å²) in [6.45, 7) is 9.22. The third-order valence-corrected chi connectivity index (χ3v) is 3.81. The first-order valence-corrected chi connectivity index (χ1v) is 6.70. The van der Waals surface area contributed by atoms with Crippen molar-refractivity contribution in [2.75, 3.05) is 6.61 Å². The summed E-state index contributed by atoms with van der Waals surface area (Å²) in [6, 6.07) is 0.250. The van der Waals surface area contributed by atoms with Gasteiger partial charge in [-0.3, -0.25) is 10.1 Å². The molecular formula is C13H24N2O2. The van der Waals surface area contributed by atoms with Gasteiger partial charge in [0.15, 0.2) is 0 Å². The number of carbonyl (C=O) groups is 1. The van der Waals surface area contributed by atoms with Gasteiger partial charge in [0.25, 0.3) is 0 Å². The first kappa shape index (κ1) is 12.8. The Kier molecular flexibility index (Phi) is 3.73. The Morgan fingerprint density at radius 3 is 2.71 bits per heavy atom. The van der Waals surface area contributed by atoms with Crippen LogP contribution in [0.15, 0.2) is 0 Å². The van der Waals surface area contributed by atoms with Crippen LogP contribution in [0.25, 0.3) is 0 Å². The molecule has 0 aromatic carbocycles. The fourth-order valence-electron chi connectivity index (χ4n) is 2.99. The molecule has 2 aliphatic rings. The first-order chi connectivity index (χ1) is 8.00. The number of nitrogens with one attached hydrogen (secondary N) is 1. The lowest BCUT2D eigenvalue weighted by Gasteiger charge is -2.29. The maximum Gasteiger partial charge on any atom is 0.241 e. The molecule has 0 saturated carbocycles. The van der Waals surface area contributed by atoms with Crippen molar-refractivity contribution in [3.63, 3.8) is 0 Å². The van der Waals surface area contributed by atoms with E-state index in [2.05, 4.69) is 33.0 Å². The molecule has 2 fully saturated rings. The highest BCUT2D eigenvalue weighted by atomic mass is 16.5. The van der Waals surface area contributed by atoms with E-state index in [1.165, 1.54) is 0 Å². The van der Waals surface area contributed by atoms with Crippen LogP contribution in [0.5, 0.6) is 0 Å². The quantitative estimate of drug-likeness (QED) is 0.810. The second-order valence-electron chi connectivity index (χ2n) is 5.70. The van der Waals surface area contributed by atoms with Gasteiger partial charge >= 0.3 is 0 Å². The van der Waals surface area contributed by atoms with Crippen molar-refractivity contribution in [3.8, 4) is 0 Å². The van der Waals surface area contributed by atoms with Crippen LogP contribution in [0, 0.1) is 5.92 Å². The molecule has 4 heteroatoms. The third kappa shape index (κ3) is 2.47. The molecule has 1 N–H and O–H groups in total. The summed E-state index contributed by atoms with van der Waals surface area (Å²) in [5, 5.41) is 3.40. The van der Waals surface area contributed by atoms with E-state index in [-0.39, 0.29) is 30.3 Å². The summed E-state index contributed by atoms with van der Waals surface area (Å²) in [7, 11) is 0. The molecule has 2 heterocycles. The van der Waals surface area contributed by atoms with E-state index in [1.54, 1.807) is 0 Å². The summed E-state index contributed by atoms with van der Waals surface area (Å²) in [4.78, 5) is 14.4. The number of carbonyl (C=O) groups excluding carboxylic acids is 1. The summed E-state index contributed by atoms with van der Waals surface area (Å²) in [5.74, 6) is 0.800. The Morgan fingerprint density at radius 2 is 2.18 bits per heavy atom. The summed E-state index contributed by atoms with van der Waals surface area (Å²) < 4.78 is 5.57. The van der Waals surface area contributed by atoms with Crippen molar-refractivity contribution in [1.29, 1.82) is 0 Å². The zero-order chi connectivity index (χ0) is 12.6. The molecule has 1 amide bonds. The number of hydrogen-bond acceptors (Lipinski definition) is 3. The van der Waals surface area contributed by atoms with Crippen LogP contribution in [-0.4, -0.2) is 41.8 Å². The van der Waals surface area contributed by atoms with Gasteiger partial charge < -0.3 is 9.64 Å². The minimum absolute atomic E-state index is 0.00204. The maximum absolute atomic E-state index is 12.4. The van der Waals surface area contributed by atoms with E-state index in [0.29, 0.717) is 5.92 Å². The molecule has 0 radical (unpaired) electrons. The Hall–Kier alpha value is -0.610. The maximum atomic E-state index is 12.4. The molecule has 4 nitrogen and oxygen atoms in total. The fraction of sp³-hybridized carbons (Fsp3) is 0.923. The Balaban J connectivity index is 2.05. The van der Waals surface area contributed by atoms with Crippen molar-refractivity contribution >= 4 is 5.91 Å². The molecule has 0 aromatic heterocycles. The molecule has 4 unspecified atom stereocenters. The minimum atomic E-state index is -0.00204. The summed E-state index contributed by atoms with van der Waals surface area (Å²) in [5.41, 5.74) is 0. The van der Waals surface area contributed by atoms with E-state index in [1.807, 2.05) is 4.90 Å². The zero-order valence-corrected chi connectivity index (χ0v) is 11.3. The molecule has 98 valence electrons. The lowest BCUT2D eigenvalue weighted by molar-refractivity contribution is -0.133. The smallest absolute Gasteiger partial charge is 0.241 e. The van der Waals surface area contributed by atoms with Gasteiger partial charge in [0.1, 0.15) is 0 Å². The van der Waals surface area contributed by atoms with Crippen LogP contribution in [-0.2, 0) is 9.53 Å². The van der Waals surface area contributed by atoms with Crippen molar-refractivity contribution < 1.29 is 9.53 Å². The second-order valence-corrected chi connectivity index (χ2v) is 5.70. The highest BCUT2D eigenvalue weighted by Crippen LogP contribution is 2.26. The number of amides is 1. The Morgan fingerprint density at radius 1 is 1.47 bits per heavy atom. The van der Waals surface area contributed by atoms with Gasteiger partial charge in [0, 0.05) is 6.61 Å². The third-order valence-electron chi connectivity index (χ3n) is 3.81. The van der Waals surface area contributed by atoms with Gasteiger partial charge in [0.2, 0.25) is 5.91 Å². The highest BCUT2D eigenvalue weighted by molar-refractivity contribution is 5.84. The molecule has 0 bridgehead atoms. The van der Waals surface area contributed by atoms with Gasteiger partial charge in [0.05, 0.1) is 24.4 Å². The second kappa shape index (κ2) is 4.94. The topological polar surface area (TPSA) is 41.6 Å².